The van der Waals surface area contributed by atoms with E-state index in [0.717, 1.165) is 0 Å². The first-order valence-corrected chi connectivity index (χ1v) is 13.5. The van der Waals surface area contributed by atoms with Gasteiger partial charge in [-0.15, -0.1) is 0 Å². The molecule has 216 valence electrons. The van der Waals surface area contributed by atoms with Crippen LogP contribution in [0.25, 0.3) is 0 Å². The number of fused-ring (bicyclic) bond motifs is 2. The number of carbonyl (C=O) groups is 4. The van der Waals surface area contributed by atoms with Crippen molar-refractivity contribution in [2.24, 2.45) is 22.7 Å². The second-order valence-electron chi connectivity index (χ2n) is 12.2. The molecule has 0 aromatic rings. The molecule has 9 unspecified atom stereocenters. The molecule has 1 heterocycles. The highest BCUT2D eigenvalue weighted by molar-refractivity contribution is 5.67. The molecule has 0 radical (unpaired) electrons. The normalized spacial score (nSPS) is 42.2. The van der Waals surface area contributed by atoms with Crippen LogP contribution in [0, 0.1) is 22.7 Å². The Labute approximate surface area is 225 Å². The molecule has 38 heavy (non-hydrogen) atoms. The van der Waals surface area contributed by atoms with Crippen molar-refractivity contribution in [3.63, 3.8) is 0 Å². The lowest BCUT2D eigenvalue weighted by molar-refractivity contribution is -0.315. The van der Waals surface area contributed by atoms with E-state index in [2.05, 4.69) is 6.92 Å². The zero-order valence-electron chi connectivity index (χ0n) is 24.0. The van der Waals surface area contributed by atoms with Gasteiger partial charge in [0, 0.05) is 56.8 Å². The Morgan fingerprint density at radius 3 is 2.03 bits per heavy atom. The molecule has 0 bridgehead atoms. The van der Waals surface area contributed by atoms with Gasteiger partial charge in [-0.1, -0.05) is 20.8 Å². The predicted molar refractivity (Wildman–Crippen MR) is 135 cm³/mol. The lowest BCUT2D eigenvalue weighted by Gasteiger charge is -2.67. The maximum absolute atomic E-state index is 12.3. The molecule has 0 aromatic heterocycles. The third-order valence-corrected chi connectivity index (χ3v) is 9.52. The number of aliphatic hydroxyl groups is 1. The van der Waals surface area contributed by atoms with Crippen molar-refractivity contribution in [3.05, 3.63) is 0 Å². The largest absolute Gasteiger partial charge is 0.466 e. The SMILES string of the molecule is CC(=O)OCCC1(C)CCC2(O1)C(C)C(O)C(OC(C)=O)C1C(C)(COC(C)=O)C(OC(C)=O)CCC12C. The summed E-state index contributed by atoms with van der Waals surface area (Å²) in [4.78, 5) is 47.7. The Balaban J connectivity index is 2.13. The van der Waals surface area contributed by atoms with Crippen molar-refractivity contribution in [2.45, 2.75) is 117 Å². The summed E-state index contributed by atoms with van der Waals surface area (Å²) in [5.74, 6) is -2.83. The summed E-state index contributed by atoms with van der Waals surface area (Å²) in [6.45, 7) is 13.3. The standard InChI is InChI=1S/C28H44O10/c1-16-22(33)23(37-20(5)32)24-26(7,15-35-18(3)30)21(36-19(4)31)9-10-27(24,8)28(16)12-11-25(6,38-28)13-14-34-17(2)29/h16,21-24,33H,9-15H2,1-8H3. The van der Waals surface area contributed by atoms with E-state index in [-0.39, 0.29) is 19.2 Å². The van der Waals surface area contributed by atoms with Gasteiger partial charge in [0.2, 0.25) is 0 Å². The number of hydrogen-bond acceptors (Lipinski definition) is 10. The van der Waals surface area contributed by atoms with Gasteiger partial charge in [0.15, 0.2) is 0 Å². The summed E-state index contributed by atoms with van der Waals surface area (Å²) in [5.41, 5.74) is -3.07. The first-order chi connectivity index (χ1) is 17.5. The van der Waals surface area contributed by atoms with Gasteiger partial charge in [-0.25, -0.2) is 0 Å². The minimum Gasteiger partial charge on any atom is -0.466 e. The van der Waals surface area contributed by atoms with Crippen LogP contribution in [0.2, 0.25) is 0 Å². The summed E-state index contributed by atoms with van der Waals surface area (Å²) in [7, 11) is 0. The van der Waals surface area contributed by atoms with Crippen LogP contribution in [-0.2, 0) is 42.9 Å². The van der Waals surface area contributed by atoms with Gasteiger partial charge >= 0.3 is 23.9 Å². The van der Waals surface area contributed by atoms with E-state index in [0.29, 0.717) is 32.1 Å². The topological polar surface area (TPSA) is 135 Å². The monoisotopic (exact) mass is 540 g/mol. The van der Waals surface area contributed by atoms with Crippen LogP contribution in [0.5, 0.6) is 0 Å². The Morgan fingerprint density at radius 1 is 0.868 bits per heavy atom. The van der Waals surface area contributed by atoms with Crippen molar-refractivity contribution < 1.29 is 48.0 Å². The van der Waals surface area contributed by atoms with Gasteiger partial charge in [-0.05, 0) is 32.6 Å². The van der Waals surface area contributed by atoms with Crippen molar-refractivity contribution in [1.82, 2.24) is 0 Å². The molecule has 10 nitrogen and oxygen atoms in total. The highest BCUT2D eigenvalue weighted by atomic mass is 16.6. The molecule has 0 aromatic carbocycles. The van der Waals surface area contributed by atoms with Crippen molar-refractivity contribution in [3.8, 4) is 0 Å². The molecule has 9 atom stereocenters. The van der Waals surface area contributed by atoms with Crippen LogP contribution in [0.4, 0.5) is 0 Å². The molecule has 1 N–H and O–H groups in total. The average Bonchev–Trinajstić information content (AvgIpc) is 3.15. The molecule has 10 heteroatoms. The van der Waals surface area contributed by atoms with E-state index in [1.165, 1.54) is 27.7 Å². The quantitative estimate of drug-likeness (QED) is 0.379. The third-order valence-electron chi connectivity index (χ3n) is 9.52. The Hall–Kier alpha value is -2.20. The summed E-state index contributed by atoms with van der Waals surface area (Å²) in [5, 5.41) is 11.7. The van der Waals surface area contributed by atoms with Crippen LogP contribution in [0.15, 0.2) is 0 Å². The van der Waals surface area contributed by atoms with Crippen LogP contribution >= 0.6 is 0 Å². The van der Waals surface area contributed by atoms with Gasteiger partial charge in [0.05, 0.1) is 23.9 Å². The Kier molecular flexibility index (Phi) is 8.59. The summed E-state index contributed by atoms with van der Waals surface area (Å²) in [6, 6.07) is 0. The molecule has 2 aliphatic carbocycles. The predicted octanol–water partition coefficient (Wildman–Crippen LogP) is 3.11. The highest BCUT2D eigenvalue weighted by Gasteiger charge is 2.74. The molecular formula is C28H44O10. The zero-order chi connectivity index (χ0) is 28.7. The Bertz CT molecular complexity index is 950. The number of ether oxygens (including phenoxy) is 5. The molecule has 1 saturated heterocycles. The first kappa shape index (κ1) is 30.3. The summed E-state index contributed by atoms with van der Waals surface area (Å²) < 4.78 is 29.3. The fraction of sp³-hybridized carbons (Fsp3) is 0.857. The number of carbonyl (C=O) groups excluding carboxylic acids is 4. The van der Waals surface area contributed by atoms with Gasteiger partial charge < -0.3 is 28.8 Å². The average molecular weight is 541 g/mol. The lowest BCUT2D eigenvalue weighted by atomic mass is 9.42. The molecule has 3 aliphatic rings. The van der Waals surface area contributed by atoms with Gasteiger partial charge in [0.25, 0.3) is 0 Å². The van der Waals surface area contributed by atoms with E-state index >= 15 is 0 Å². The fourth-order valence-corrected chi connectivity index (χ4v) is 7.80. The number of esters is 4. The molecule has 0 amide bonds. The van der Waals surface area contributed by atoms with Crippen molar-refractivity contribution in [1.29, 1.82) is 0 Å². The van der Waals surface area contributed by atoms with Crippen LogP contribution < -0.4 is 0 Å². The van der Waals surface area contributed by atoms with Gasteiger partial charge in [-0.2, -0.15) is 0 Å². The van der Waals surface area contributed by atoms with Crippen molar-refractivity contribution >= 4 is 23.9 Å². The van der Waals surface area contributed by atoms with E-state index in [9.17, 15) is 24.3 Å². The van der Waals surface area contributed by atoms with Crippen LogP contribution in [0.3, 0.4) is 0 Å². The molecule has 2 saturated carbocycles. The smallest absolute Gasteiger partial charge is 0.303 e. The molecule has 3 fully saturated rings. The summed E-state index contributed by atoms with van der Waals surface area (Å²) in [6.07, 6.45) is 0.198. The zero-order valence-corrected chi connectivity index (χ0v) is 24.0. The lowest BCUT2D eigenvalue weighted by Crippen LogP contribution is -2.74. The molecule has 1 spiro atoms. The van der Waals surface area contributed by atoms with Crippen LogP contribution in [-0.4, -0.2) is 71.7 Å². The van der Waals surface area contributed by atoms with Crippen LogP contribution in [0.1, 0.15) is 87.5 Å². The number of aliphatic hydroxyl groups excluding tert-OH is 1. The highest BCUT2D eigenvalue weighted by Crippen LogP contribution is 2.68. The van der Waals surface area contributed by atoms with E-state index in [1.54, 1.807) is 0 Å². The van der Waals surface area contributed by atoms with E-state index in [1.807, 2.05) is 20.8 Å². The minimum atomic E-state index is -1.08. The maximum atomic E-state index is 12.3. The number of rotatable bonds is 7. The van der Waals surface area contributed by atoms with E-state index < -0.39 is 70.1 Å². The molecular weight excluding hydrogens is 496 g/mol. The van der Waals surface area contributed by atoms with E-state index in [4.69, 9.17) is 23.7 Å². The number of hydrogen-bond donors (Lipinski definition) is 1. The van der Waals surface area contributed by atoms with Gasteiger partial charge in [-0.3, -0.25) is 19.2 Å². The van der Waals surface area contributed by atoms with Crippen molar-refractivity contribution in [2.75, 3.05) is 13.2 Å². The molecule has 1 aliphatic heterocycles. The third kappa shape index (κ3) is 5.30. The van der Waals surface area contributed by atoms with Gasteiger partial charge in [0.1, 0.15) is 18.8 Å². The second-order valence-corrected chi connectivity index (χ2v) is 12.2. The summed E-state index contributed by atoms with van der Waals surface area (Å²) >= 11 is 0. The fourth-order valence-electron chi connectivity index (χ4n) is 7.80. The maximum Gasteiger partial charge on any atom is 0.303 e. The first-order valence-electron chi connectivity index (χ1n) is 13.5. The Morgan fingerprint density at radius 2 is 1.47 bits per heavy atom. The second kappa shape index (κ2) is 10.8. The molecule has 3 rings (SSSR count). The minimum absolute atomic E-state index is 0.0841.